The van der Waals surface area contributed by atoms with Gasteiger partial charge in [0.05, 0.1) is 0 Å². The van der Waals surface area contributed by atoms with Crippen molar-refractivity contribution in [1.29, 1.82) is 0 Å². The first-order chi connectivity index (χ1) is 9.63. The Kier molecular flexibility index (Phi) is 7.33. The van der Waals surface area contributed by atoms with Gasteiger partial charge in [-0.15, -0.1) is 0 Å². The average Bonchev–Trinajstić information content (AvgIpc) is 2.44. The van der Waals surface area contributed by atoms with Gasteiger partial charge in [-0.05, 0) is 24.1 Å². The lowest BCUT2D eigenvalue weighted by atomic mass is 10.1. The summed E-state index contributed by atoms with van der Waals surface area (Å²) >= 11 is 0. The Morgan fingerprint density at radius 3 is 2.50 bits per heavy atom. The molecule has 0 fully saturated rings. The van der Waals surface area contributed by atoms with Gasteiger partial charge in [0.1, 0.15) is 6.10 Å². The summed E-state index contributed by atoms with van der Waals surface area (Å²) in [6.07, 6.45) is 6.29. The molecule has 0 saturated heterocycles. The minimum absolute atomic E-state index is 0.0755. The van der Waals surface area contributed by atoms with E-state index in [0.29, 0.717) is 6.42 Å². The second-order valence-electron chi connectivity index (χ2n) is 4.72. The van der Waals surface area contributed by atoms with Gasteiger partial charge in [0, 0.05) is 13.3 Å². The molecule has 3 nitrogen and oxygen atoms in total. The summed E-state index contributed by atoms with van der Waals surface area (Å²) in [7, 11) is 0. The summed E-state index contributed by atoms with van der Waals surface area (Å²) in [5.74, 6) is -0.284. The first kappa shape index (κ1) is 16.2. The van der Waals surface area contributed by atoms with Crippen LogP contribution in [0.5, 0.6) is 0 Å². The maximum absolute atomic E-state index is 11.7. The Balaban J connectivity index is 2.65. The number of esters is 1. The lowest BCUT2D eigenvalue weighted by Gasteiger charge is -2.13. The van der Waals surface area contributed by atoms with Crippen LogP contribution in [-0.4, -0.2) is 11.8 Å². The zero-order valence-electron chi connectivity index (χ0n) is 12.2. The van der Waals surface area contributed by atoms with Crippen molar-refractivity contribution in [3.8, 4) is 0 Å². The van der Waals surface area contributed by atoms with E-state index in [4.69, 9.17) is 4.74 Å². The van der Waals surface area contributed by atoms with Crippen molar-refractivity contribution in [3.63, 3.8) is 0 Å². The van der Waals surface area contributed by atoms with Crippen LogP contribution in [0.3, 0.4) is 0 Å². The average molecular weight is 274 g/mol. The molecular weight excluding hydrogens is 252 g/mol. The minimum Gasteiger partial charge on any atom is -0.453 e. The zero-order valence-corrected chi connectivity index (χ0v) is 12.2. The molecule has 0 amide bonds. The molecular formula is C17H22O3. The van der Waals surface area contributed by atoms with E-state index in [1.807, 2.05) is 30.3 Å². The zero-order chi connectivity index (χ0) is 14.8. The summed E-state index contributed by atoms with van der Waals surface area (Å²) in [4.78, 5) is 22.9. The Morgan fingerprint density at radius 2 is 1.90 bits per heavy atom. The molecule has 1 aromatic carbocycles. The number of benzene rings is 1. The molecule has 0 aliphatic carbocycles. The van der Waals surface area contributed by atoms with E-state index in [2.05, 4.69) is 6.92 Å². The molecule has 1 atom stereocenters. The highest BCUT2D eigenvalue weighted by atomic mass is 16.5. The second kappa shape index (κ2) is 9.08. The summed E-state index contributed by atoms with van der Waals surface area (Å²) < 4.78 is 5.23. The SMILES string of the molecule is CCCCCC(=O)/C=C/C(OC(C)=O)c1ccccc1. The predicted octanol–water partition coefficient (Wildman–Crippen LogP) is 4.00. The predicted molar refractivity (Wildman–Crippen MR) is 79.2 cm³/mol. The van der Waals surface area contributed by atoms with Gasteiger partial charge in [-0.3, -0.25) is 9.59 Å². The lowest BCUT2D eigenvalue weighted by Crippen LogP contribution is -2.06. The minimum atomic E-state index is -0.496. The first-order valence-corrected chi connectivity index (χ1v) is 7.06. The number of hydrogen-bond acceptors (Lipinski definition) is 3. The molecule has 108 valence electrons. The number of ether oxygens (including phenoxy) is 1. The molecule has 0 aromatic heterocycles. The van der Waals surface area contributed by atoms with Gasteiger partial charge in [0.2, 0.25) is 0 Å². The molecule has 3 heteroatoms. The molecule has 20 heavy (non-hydrogen) atoms. The molecule has 0 spiro atoms. The van der Waals surface area contributed by atoms with Crippen LogP contribution in [0.15, 0.2) is 42.5 Å². The van der Waals surface area contributed by atoms with Gasteiger partial charge in [-0.25, -0.2) is 0 Å². The highest BCUT2D eigenvalue weighted by Crippen LogP contribution is 2.19. The number of unbranched alkanes of at least 4 members (excludes halogenated alkanes) is 2. The number of rotatable bonds is 8. The Labute approximate surface area is 120 Å². The van der Waals surface area contributed by atoms with Crippen LogP contribution >= 0.6 is 0 Å². The second-order valence-corrected chi connectivity index (χ2v) is 4.72. The van der Waals surface area contributed by atoms with Gasteiger partial charge >= 0.3 is 5.97 Å². The van der Waals surface area contributed by atoms with Crippen molar-refractivity contribution < 1.29 is 14.3 Å². The van der Waals surface area contributed by atoms with Crippen LogP contribution in [0.1, 0.15) is 51.2 Å². The van der Waals surface area contributed by atoms with E-state index in [1.165, 1.54) is 13.0 Å². The van der Waals surface area contributed by atoms with E-state index >= 15 is 0 Å². The summed E-state index contributed by atoms with van der Waals surface area (Å²) in [6, 6.07) is 9.40. The number of carbonyl (C=O) groups is 2. The first-order valence-electron chi connectivity index (χ1n) is 7.06. The fourth-order valence-corrected chi connectivity index (χ4v) is 1.87. The van der Waals surface area contributed by atoms with E-state index in [9.17, 15) is 9.59 Å². The molecule has 0 saturated carbocycles. The molecule has 1 unspecified atom stereocenters. The van der Waals surface area contributed by atoms with Crippen LogP contribution in [0.2, 0.25) is 0 Å². The standard InChI is InChI=1S/C17H22O3/c1-3-4-6-11-16(19)12-13-17(20-14(2)18)15-9-7-5-8-10-15/h5,7-10,12-13,17H,3-4,6,11H2,1-2H3/b13-12+. The van der Waals surface area contributed by atoms with E-state index in [0.717, 1.165) is 24.8 Å². The van der Waals surface area contributed by atoms with Crippen molar-refractivity contribution in [2.24, 2.45) is 0 Å². The Morgan fingerprint density at radius 1 is 1.20 bits per heavy atom. The van der Waals surface area contributed by atoms with E-state index in [-0.39, 0.29) is 11.8 Å². The molecule has 0 heterocycles. The van der Waals surface area contributed by atoms with Crippen LogP contribution in [-0.2, 0) is 14.3 Å². The fourth-order valence-electron chi connectivity index (χ4n) is 1.87. The van der Waals surface area contributed by atoms with Crippen LogP contribution in [0.25, 0.3) is 0 Å². The normalized spacial score (nSPS) is 12.3. The van der Waals surface area contributed by atoms with Crippen molar-refractivity contribution in [2.75, 3.05) is 0 Å². The Hall–Kier alpha value is -1.90. The number of carbonyl (C=O) groups excluding carboxylic acids is 2. The van der Waals surface area contributed by atoms with Crippen LogP contribution < -0.4 is 0 Å². The van der Waals surface area contributed by atoms with E-state index < -0.39 is 6.10 Å². The molecule has 0 N–H and O–H groups in total. The van der Waals surface area contributed by atoms with E-state index in [1.54, 1.807) is 6.08 Å². The van der Waals surface area contributed by atoms with Gasteiger partial charge < -0.3 is 4.74 Å². The van der Waals surface area contributed by atoms with Crippen molar-refractivity contribution in [3.05, 3.63) is 48.0 Å². The molecule has 1 rings (SSSR count). The summed E-state index contributed by atoms with van der Waals surface area (Å²) in [5.41, 5.74) is 0.861. The molecule has 0 bridgehead atoms. The Bertz CT molecular complexity index is 449. The fraction of sp³-hybridized carbons (Fsp3) is 0.412. The van der Waals surface area contributed by atoms with Crippen molar-refractivity contribution in [1.82, 2.24) is 0 Å². The molecule has 0 radical (unpaired) electrons. The summed E-state index contributed by atoms with van der Waals surface area (Å²) in [5, 5.41) is 0. The maximum atomic E-state index is 11.7. The van der Waals surface area contributed by atoms with Gasteiger partial charge in [-0.1, -0.05) is 50.1 Å². The van der Waals surface area contributed by atoms with Gasteiger partial charge in [0.15, 0.2) is 5.78 Å². The van der Waals surface area contributed by atoms with Crippen LogP contribution in [0, 0.1) is 0 Å². The van der Waals surface area contributed by atoms with Gasteiger partial charge in [0.25, 0.3) is 0 Å². The number of allylic oxidation sites excluding steroid dienone is 1. The quantitative estimate of drug-likeness (QED) is 0.409. The van der Waals surface area contributed by atoms with Crippen molar-refractivity contribution in [2.45, 2.75) is 45.6 Å². The maximum Gasteiger partial charge on any atom is 0.303 e. The number of ketones is 1. The largest absolute Gasteiger partial charge is 0.453 e. The van der Waals surface area contributed by atoms with Crippen LogP contribution in [0.4, 0.5) is 0 Å². The summed E-state index contributed by atoms with van der Waals surface area (Å²) in [6.45, 7) is 3.47. The van der Waals surface area contributed by atoms with Crippen molar-refractivity contribution >= 4 is 11.8 Å². The number of hydrogen-bond donors (Lipinski definition) is 0. The third-order valence-electron chi connectivity index (χ3n) is 2.90. The third-order valence-corrected chi connectivity index (χ3v) is 2.90. The topological polar surface area (TPSA) is 43.4 Å². The smallest absolute Gasteiger partial charge is 0.303 e. The molecule has 0 aliphatic heterocycles. The highest BCUT2D eigenvalue weighted by Gasteiger charge is 2.11. The molecule has 1 aromatic rings. The van der Waals surface area contributed by atoms with Gasteiger partial charge in [-0.2, -0.15) is 0 Å². The monoisotopic (exact) mass is 274 g/mol. The third kappa shape index (κ3) is 6.32. The molecule has 0 aliphatic rings. The highest BCUT2D eigenvalue weighted by molar-refractivity contribution is 5.89. The lowest BCUT2D eigenvalue weighted by molar-refractivity contribution is -0.144.